The lowest BCUT2D eigenvalue weighted by molar-refractivity contribution is 0.898. The van der Waals surface area contributed by atoms with Crippen molar-refractivity contribution >= 4 is 34.9 Å². The van der Waals surface area contributed by atoms with Crippen molar-refractivity contribution in [2.45, 2.75) is 26.8 Å². The number of rotatable bonds is 5. The predicted octanol–water partition coefficient (Wildman–Crippen LogP) is 2.57. The van der Waals surface area contributed by atoms with E-state index in [1.165, 1.54) is 0 Å². The summed E-state index contributed by atoms with van der Waals surface area (Å²) in [6.07, 6.45) is 0. The summed E-state index contributed by atoms with van der Waals surface area (Å²) >= 11 is 7.66. The molecule has 0 saturated heterocycles. The number of nitrogen functional groups attached to an aromatic ring is 1. The molecule has 1 unspecified atom stereocenters. The number of anilines is 2. The smallest absolute Gasteiger partial charge is 0.224 e. The van der Waals surface area contributed by atoms with Crippen molar-refractivity contribution in [1.29, 1.82) is 0 Å². The molecule has 0 fully saturated rings. The standard InChI is InChI=1S/C10H17ClN4S/c1-4-16-5-6(2)13-9-8(12)7(3)14-10(11)15-9/h6H,4-5,12H2,1-3H3,(H,13,14,15). The van der Waals surface area contributed by atoms with E-state index in [2.05, 4.69) is 29.1 Å². The summed E-state index contributed by atoms with van der Waals surface area (Å²) in [7, 11) is 0. The number of nitrogens with zero attached hydrogens (tertiary/aromatic N) is 2. The highest BCUT2D eigenvalue weighted by Gasteiger charge is 2.10. The van der Waals surface area contributed by atoms with Gasteiger partial charge in [-0.05, 0) is 31.2 Å². The fraction of sp³-hybridized carbons (Fsp3) is 0.600. The van der Waals surface area contributed by atoms with E-state index in [-0.39, 0.29) is 5.28 Å². The molecule has 0 bridgehead atoms. The van der Waals surface area contributed by atoms with Crippen LogP contribution in [0.2, 0.25) is 5.28 Å². The van der Waals surface area contributed by atoms with E-state index in [0.29, 0.717) is 23.2 Å². The van der Waals surface area contributed by atoms with Crippen LogP contribution in [0.1, 0.15) is 19.5 Å². The van der Waals surface area contributed by atoms with E-state index >= 15 is 0 Å². The third-order valence-electron chi connectivity index (χ3n) is 2.06. The molecular formula is C10H17ClN4S. The van der Waals surface area contributed by atoms with Gasteiger partial charge >= 0.3 is 0 Å². The first-order valence-electron chi connectivity index (χ1n) is 5.18. The van der Waals surface area contributed by atoms with Gasteiger partial charge in [-0.3, -0.25) is 0 Å². The molecule has 4 nitrogen and oxygen atoms in total. The fourth-order valence-electron chi connectivity index (χ4n) is 1.23. The zero-order chi connectivity index (χ0) is 12.1. The first kappa shape index (κ1) is 13.4. The molecular weight excluding hydrogens is 244 g/mol. The van der Waals surface area contributed by atoms with Gasteiger partial charge in [0.05, 0.1) is 11.4 Å². The summed E-state index contributed by atoms with van der Waals surface area (Å²) in [6, 6.07) is 0.303. The summed E-state index contributed by atoms with van der Waals surface area (Å²) < 4.78 is 0. The van der Waals surface area contributed by atoms with Crippen molar-refractivity contribution in [3.05, 3.63) is 11.0 Å². The van der Waals surface area contributed by atoms with E-state index in [4.69, 9.17) is 17.3 Å². The molecule has 0 saturated carbocycles. The average molecular weight is 261 g/mol. The van der Waals surface area contributed by atoms with Gasteiger partial charge in [0.15, 0.2) is 5.82 Å². The second-order valence-corrected chi connectivity index (χ2v) is 5.20. The first-order valence-corrected chi connectivity index (χ1v) is 6.71. The highest BCUT2D eigenvalue weighted by Crippen LogP contribution is 2.21. The molecule has 0 aliphatic heterocycles. The molecule has 1 heterocycles. The molecule has 1 atom stereocenters. The summed E-state index contributed by atoms with van der Waals surface area (Å²) in [5.41, 5.74) is 7.15. The van der Waals surface area contributed by atoms with Crippen LogP contribution in [0.15, 0.2) is 0 Å². The van der Waals surface area contributed by atoms with E-state index in [9.17, 15) is 0 Å². The molecule has 3 N–H and O–H groups in total. The average Bonchev–Trinajstić information content (AvgIpc) is 2.22. The molecule has 90 valence electrons. The minimum atomic E-state index is 0.226. The quantitative estimate of drug-likeness (QED) is 0.797. The monoisotopic (exact) mass is 260 g/mol. The van der Waals surface area contributed by atoms with E-state index in [1.54, 1.807) is 0 Å². The van der Waals surface area contributed by atoms with Crippen LogP contribution >= 0.6 is 23.4 Å². The molecule has 0 spiro atoms. The summed E-state index contributed by atoms with van der Waals surface area (Å²) in [5, 5.41) is 3.47. The topological polar surface area (TPSA) is 63.8 Å². The Morgan fingerprint density at radius 3 is 2.81 bits per heavy atom. The SMILES string of the molecule is CCSCC(C)Nc1nc(Cl)nc(C)c1N. The van der Waals surface area contributed by atoms with Gasteiger partial charge in [0.2, 0.25) is 5.28 Å². The number of aryl methyl sites for hydroxylation is 1. The van der Waals surface area contributed by atoms with Crippen LogP contribution in [0.25, 0.3) is 0 Å². The molecule has 0 aromatic carbocycles. The molecule has 6 heteroatoms. The Hall–Kier alpha value is -0.680. The summed E-state index contributed by atoms with van der Waals surface area (Å²) in [4.78, 5) is 8.08. The van der Waals surface area contributed by atoms with Crippen LogP contribution in [0.4, 0.5) is 11.5 Å². The Morgan fingerprint density at radius 1 is 1.50 bits per heavy atom. The van der Waals surface area contributed by atoms with Crippen LogP contribution in [-0.4, -0.2) is 27.5 Å². The second kappa shape index (κ2) is 6.15. The van der Waals surface area contributed by atoms with E-state index < -0.39 is 0 Å². The molecule has 16 heavy (non-hydrogen) atoms. The lowest BCUT2D eigenvalue weighted by atomic mass is 10.3. The van der Waals surface area contributed by atoms with Gasteiger partial charge in [-0.25, -0.2) is 4.98 Å². The molecule has 1 rings (SSSR count). The number of nitrogens with two attached hydrogens (primary N) is 1. The normalized spacial score (nSPS) is 12.5. The lowest BCUT2D eigenvalue weighted by Crippen LogP contribution is -2.20. The summed E-state index contributed by atoms with van der Waals surface area (Å²) in [5.74, 6) is 2.74. The maximum atomic E-state index is 5.88. The van der Waals surface area contributed by atoms with Gasteiger partial charge in [-0.1, -0.05) is 6.92 Å². The van der Waals surface area contributed by atoms with Gasteiger partial charge in [0.25, 0.3) is 0 Å². The maximum absolute atomic E-state index is 5.88. The van der Waals surface area contributed by atoms with Gasteiger partial charge < -0.3 is 11.1 Å². The Bertz CT molecular complexity index is 359. The van der Waals surface area contributed by atoms with Crippen molar-refractivity contribution in [2.24, 2.45) is 0 Å². The first-order chi connectivity index (χ1) is 7.54. The van der Waals surface area contributed by atoms with E-state index in [0.717, 1.165) is 11.5 Å². The number of nitrogens with one attached hydrogen (secondary N) is 1. The molecule has 0 aliphatic carbocycles. The molecule has 0 radical (unpaired) electrons. The number of halogens is 1. The van der Waals surface area contributed by atoms with Crippen molar-refractivity contribution < 1.29 is 0 Å². The Morgan fingerprint density at radius 2 is 2.19 bits per heavy atom. The van der Waals surface area contributed by atoms with Gasteiger partial charge in [-0.15, -0.1) is 0 Å². The van der Waals surface area contributed by atoms with Gasteiger partial charge in [0.1, 0.15) is 0 Å². The molecule has 0 amide bonds. The Kier molecular flexibility index (Phi) is 5.15. The lowest BCUT2D eigenvalue weighted by Gasteiger charge is -2.16. The fourth-order valence-corrected chi connectivity index (χ4v) is 2.11. The van der Waals surface area contributed by atoms with Gasteiger partial charge in [0, 0.05) is 11.8 Å². The van der Waals surface area contributed by atoms with Crippen molar-refractivity contribution in [3.63, 3.8) is 0 Å². The maximum Gasteiger partial charge on any atom is 0.224 e. The summed E-state index contributed by atoms with van der Waals surface area (Å²) in [6.45, 7) is 6.05. The third kappa shape index (κ3) is 3.72. The van der Waals surface area contributed by atoms with Crippen LogP contribution in [-0.2, 0) is 0 Å². The van der Waals surface area contributed by atoms with Crippen LogP contribution in [0, 0.1) is 6.92 Å². The van der Waals surface area contributed by atoms with Crippen molar-refractivity contribution in [3.8, 4) is 0 Å². The molecule has 0 aliphatic rings. The largest absolute Gasteiger partial charge is 0.394 e. The number of aromatic nitrogens is 2. The number of hydrogen-bond acceptors (Lipinski definition) is 5. The highest BCUT2D eigenvalue weighted by molar-refractivity contribution is 7.99. The minimum absolute atomic E-state index is 0.226. The Balaban J connectivity index is 2.72. The van der Waals surface area contributed by atoms with Crippen LogP contribution in [0.5, 0.6) is 0 Å². The minimum Gasteiger partial charge on any atom is -0.394 e. The highest BCUT2D eigenvalue weighted by atomic mass is 35.5. The third-order valence-corrected chi connectivity index (χ3v) is 3.38. The zero-order valence-corrected chi connectivity index (χ0v) is 11.3. The number of hydrogen-bond donors (Lipinski definition) is 2. The second-order valence-electron chi connectivity index (χ2n) is 3.55. The van der Waals surface area contributed by atoms with Gasteiger partial charge in [-0.2, -0.15) is 16.7 Å². The van der Waals surface area contributed by atoms with E-state index in [1.807, 2.05) is 18.7 Å². The Labute approximate surface area is 105 Å². The van der Waals surface area contributed by atoms with Crippen LogP contribution in [0.3, 0.4) is 0 Å². The number of thioether (sulfide) groups is 1. The predicted molar refractivity (Wildman–Crippen MR) is 72.3 cm³/mol. The zero-order valence-electron chi connectivity index (χ0n) is 9.75. The van der Waals surface area contributed by atoms with Crippen LogP contribution < -0.4 is 11.1 Å². The van der Waals surface area contributed by atoms with Crippen molar-refractivity contribution in [1.82, 2.24) is 9.97 Å². The molecule has 1 aromatic rings. The molecule has 1 aromatic heterocycles. The van der Waals surface area contributed by atoms with Crippen molar-refractivity contribution in [2.75, 3.05) is 22.6 Å².